The summed E-state index contributed by atoms with van der Waals surface area (Å²) in [7, 11) is 0. The SMILES string of the molecule is Nc1ccc(C(=O)Oc2ccc(Sc3ccc(OC(=O)c4ccc(N)cc4)cc3)cc2)cc1. The molecular formula is C26H20N2O4S. The number of ether oxygens (including phenoxy) is 2. The van der Waals surface area contributed by atoms with Crippen LogP contribution in [-0.4, -0.2) is 11.9 Å². The van der Waals surface area contributed by atoms with Gasteiger partial charge in [0.05, 0.1) is 11.1 Å². The van der Waals surface area contributed by atoms with Crippen LogP contribution in [-0.2, 0) is 0 Å². The Morgan fingerprint density at radius 2 is 0.848 bits per heavy atom. The van der Waals surface area contributed by atoms with E-state index in [-0.39, 0.29) is 0 Å². The summed E-state index contributed by atoms with van der Waals surface area (Å²) < 4.78 is 10.8. The van der Waals surface area contributed by atoms with Gasteiger partial charge in [0, 0.05) is 21.2 Å². The van der Waals surface area contributed by atoms with E-state index in [4.69, 9.17) is 20.9 Å². The van der Waals surface area contributed by atoms with Crippen molar-refractivity contribution in [3.63, 3.8) is 0 Å². The van der Waals surface area contributed by atoms with Crippen LogP contribution in [0.4, 0.5) is 11.4 Å². The van der Waals surface area contributed by atoms with Crippen LogP contribution in [0.25, 0.3) is 0 Å². The summed E-state index contributed by atoms with van der Waals surface area (Å²) in [5, 5.41) is 0. The number of hydrogen-bond acceptors (Lipinski definition) is 7. The van der Waals surface area contributed by atoms with Crippen LogP contribution in [0.5, 0.6) is 11.5 Å². The first kappa shape index (κ1) is 22.0. The van der Waals surface area contributed by atoms with Crippen molar-refractivity contribution in [2.45, 2.75) is 9.79 Å². The molecule has 4 aromatic carbocycles. The summed E-state index contributed by atoms with van der Waals surface area (Å²) in [4.78, 5) is 26.3. The average molecular weight is 457 g/mol. The molecule has 7 heteroatoms. The van der Waals surface area contributed by atoms with Crippen molar-refractivity contribution in [3.8, 4) is 11.5 Å². The van der Waals surface area contributed by atoms with Crippen molar-refractivity contribution in [2.24, 2.45) is 0 Å². The highest BCUT2D eigenvalue weighted by Gasteiger charge is 2.10. The van der Waals surface area contributed by atoms with Gasteiger partial charge in [0.1, 0.15) is 11.5 Å². The Kier molecular flexibility index (Phi) is 6.61. The largest absolute Gasteiger partial charge is 0.423 e. The average Bonchev–Trinajstić information content (AvgIpc) is 2.82. The number of esters is 2. The Bertz CT molecular complexity index is 1150. The van der Waals surface area contributed by atoms with E-state index in [9.17, 15) is 9.59 Å². The Hall–Kier alpha value is -4.23. The van der Waals surface area contributed by atoms with E-state index in [1.807, 2.05) is 24.3 Å². The Balaban J connectivity index is 1.33. The number of nitrogens with two attached hydrogens (primary N) is 2. The third-order valence-corrected chi connectivity index (χ3v) is 5.61. The van der Waals surface area contributed by atoms with Gasteiger partial charge in [-0.25, -0.2) is 9.59 Å². The van der Waals surface area contributed by atoms with Crippen molar-refractivity contribution < 1.29 is 19.1 Å². The summed E-state index contributed by atoms with van der Waals surface area (Å²) in [6, 6.07) is 27.5. The predicted molar refractivity (Wildman–Crippen MR) is 129 cm³/mol. The lowest BCUT2D eigenvalue weighted by Crippen LogP contribution is -2.08. The molecule has 0 bridgehead atoms. The summed E-state index contributed by atoms with van der Waals surface area (Å²) in [6.45, 7) is 0. The third kappa shape index (κ3) is 5.93. The zero-order valence-corrected chi connectivity index (χ0v) is 18.3. The molecule has 0 saturated heterocycles. The van der Waals surface area contributed by atoms with Crippen molar-refractivity contribution in [2.75, 3.05) is 11.5 Å². The van der Waals surface area contributed by atoms with Gasteiger partial charge in [-0.2, -0.15) is 0 Å². The van der Waals surface area contributed by atoms with Gasteiger partial charge in [-0.3, -0.25) is 0 Å². The molecule has 0 aliphatic carbocycles. The van der Waals surface area contributed by atoms with E-state index in [1.54, 1.807) is 72.8 Å². The van der Waals surface area contributed by atoms with Crippen LogP contribution in [0.15, 0.2) is 107 Å². The van der Waals surface area contributed by atoms with Gasteiger partial charge in [0.25, 0.3) is 0 Å². The molecule has 0 fully saturated rings. The summed E-state index contributed by atoms with van der Waals surface area (Å²) in [5.74, 6) is 0.0104. The fourth-order valence-electron chi connectivity index (χ4n) is 2.86. The van der Waals surface area contributed by atoms with Crippen LogP contribution in [0.2, 0.25) is 0 Å². The lowest BCUT2D eigenvalue weighted by molar-refractivity contribution is 0.0725. The Labute approximate surface area is 195 Å². The molecule has 0 saturated carbocycles. The van der Waals surface area contributed by atoms with Crippen LogP contribution in [0.1, 0.15) is 20.7 Å². The zero-order chi connectivity index (χ0) is 23.2. The normalized spacial score (nSPS) is 10.4. The quantitative estimate of drug-likeness (QED) is 0.226. The minimum Gasteiger partial charge on any atom is -0.423 e. The van der Waals surface area contributed by atoms with Crippen molar-refractivity contribution in [1.82, 2.24) is 0 Å². The number of carbonyl (C=O) groups is 2. The molecule has 0 amide bonds. The van der Waals surface area contributed by atoms with Crippen LogP contribution >= 0.6 is 11.8 Å². The maximum absolute atomic E-state index is 12.2. The fraction of sp³-hybridized carbons (Fsp3) is 0. The monoisotopic (exact) mass is 456 g/mol. The molecule has 0 spiro atoms. The van der Waals surface area contributed by atoms with Crippen LogP contribution in [0.3, 0.4) is 0 Å². The number of hydrogen-bond donors (Lipinski definition) is 2. The fourth-order valence-corrected chi connectivity index (χ4v) is 3.67. The molecule has 4 aromatic rings. The van der Waals surface area contributed by atoms with E-state index in [2.05, 4.69) is 0 Å². The van der Waals surface area contributed by atoms with Gasteiger partial charge in [-0.15, -0.1) is 0 Å². The molecule has 0 aromatic heterocycles. The molecule has 164 valence electrons. The number of carbonyl (C=O) groups excluding carboxylic acids is 2. The molecule has 0 aliphatic rings. The summed E-state index contributed by atoms with van der Waals surface area (Å²) in [6.07, 6.45) is 0. The summed E-state index contributed by atoms with van der Waals surface area (Å²) in [5.41, 5.74) is 13.3. The minimum atomic E-state index is -0.445. The lowest BCUT2D eigenvalue weighted by Gasteiger charge is -2.07. The highest BCUT2D eigenvalue weighted by molar-refractivity contribution is 7.99. The van der Waals surface area contributed by atoms with E-state index in [0.717, 1.165) is 9.79 Å². The van der Waals surface area contributed by atoms with Crippen molar-refractivity contribution in [1.29, 1.82) is 0 Å². The predicted octanol–water partition coefficient (Wildman–Crippen LogP) is 5.44. The summed E-state index contributed by atoms with van der Waals surface area (Å²) >= 11 is 1.53. The highest BCUT2D eigenvalue weighted by atomic mass is 32.2. The molecule has 0 aliphatic heterocycles. The smallest absolute Gasteiger partial charge is 0.343 e. The van der Waals surface area contributed by atoms with Gasteiger partial charge >= 0.3 is 11.9 Å². The highest BCUT2D eigenvalue weighted by Crippen LogP contribution is 2.30. The van der Waals surface area contributed by atoms with Crippen molar-refractivity contribution in [3.05, 3.63) is 108 Å². The lowest BCUT2D eigenvalue weighted by atomic mass is 10.2. The van der Waals surface area contributed by atoms with Crippen LogP contribution in [0, 0.1) is 0 Å². The minimum absolute atomic E-state index is 0.430. The Morgan fingerprint density at radius 3 is 1.18 bits per heavy atom. The van der Waals surface area contributed by atoms with E-state index < -0.39 is 11.9 Å². The topological polar surface area (TPSA) is 105 Å². The van der Waals surface area contributed by atoms with E-state index in [1.165, 1.54) is 11.8 Å². The van der Waals surface area contributed by atoms with Gasteiger partial charge in [-0.1, -0.05) is 11.8 Å². The van der Waals surface area contributed by atoms with Gasteiger partial charge in [-0.05, 0) is 97.1 Å². The number of nitrogen functional groups attached to an aromatic ring is 2. The molecule has 0 heterocycles. The first-order valence-corrected chi connectivity index (χ1v) is 10.8. The Morgan fingerprint density at radius 1 is 0.515 bits per heavy atom. The third-order valence-electron chi connectivity index (χ3n) is 4.60. The van der Waals surface area contributed by atoms with Crippen LogP contribution < -0.4 is 20.9 Å². The van der Waals surface area contributed by atoms with Gasteiger partial charge in [0.2, 0.25) is 0 Å². The number of anilines is 2. The van der Waals surface area contributed by atoms with E-state index >= 15 is 0 Å². The molecule has 33 heavy (non-hydrogen) atoms. The number of benzene rings is 4. The molecule has 0 radical (unpaired) electrons. The second kappa shape index (κ2) is 9.93. The number of rotatable bonds is 6. The van der Waals surface area contributed by atoms with E-state index in [0.29, 0.717) is 34.0 Å². The maximum Gasteiger partial charge on any atom is 0.343 e. The molecule has 0 atom stereocenters. The maximum atomic E-state index is 12.2. The van der Waals surface area contributed by atoms with Gasteiger partial charge in [0.15, 0.2) is 0 Å². The second-order valence-electron chi connectivity index (χ2n) is 7.07. The molecule has 0 unspecified atom stereocenters. The standard InChI is InChI=1S/C26H20N2O4S/c27-19-5-1-17(2-6-19)25(29)31-21-9-13-23(14-10-21)33-24-15-11-22(12-16-24)32-26(30)18-3-7-20(28)8-4-18/h1-16H,27-28H2. The molecular weight excluding hydrogens is 436 g/mol. The first-order chi connectivity index (χ1) is 16.0. The zero-order valence-electron chi connectivity index (χ0n) is 17.4. The first-order valence-electron chi connectivity index (χ1n) is 10.00. The molecule has 4 rings (SSSR count). The molecule has 6 nitrogen and oxygen atoms in total. The second-order valence-corrected chi connectivity index (χ2v) is 8.21. The molecule has 4 N–H and O–H groups in total. The van der Waals surface area contributed by atoms with Crippen molar-refractivity contribution >= 4 is 35.1 Å². The van der Waals surface area contributed by atoms with Gasteiger partial charge < -0.3 is 20.9 Å².